The monoisotopic (exact) mass is 287 g/mol. The molecular weight excluding hydrogens is 266 g/mol. The second-order valence-corrected chi connectivity index (χ2v) is 5.78. The average Bonchev–Trinajstić information content (AvgIpc) is 2.93. The van der Waals surface area contributed by atoms with E-state index in [0.717, 1.165) is 18.5 Å². The number of nitrogens with zero attached hydrogens (tertiary/aromatic N) is 1. The summed E-state index contributed by atoms with van der Waals surface area (Å²) in [6.45, 7) is 4.65. The van der Waals surface area contributed by atoms with Gasteiger partial charge in [-0.05, 0) is 44.5 Å². The van der Waals surface area contributed by atoms with E-state index in [1.54, 1.807) is 45.2 Å². The summed E-state index contributed by atoms with van der Waals surface area (Å²) < 4.78 is 5.27. The van der Waals surface area contributed by atoms with Crippen LogP contribution in [0.3, 0.4) is 0 Å². The molecule has 0 saturated carbocycles. The summed E-state index contributed by atoms with van der Waals surface area (Å²) in [5.74, 6) is 5.67. The van der Waals surface area contributed by atoms with Gasteiger partial charge in [0.1, 0.15) is 5.60 Å². The quantitative estimate of drug-likeness (QED) is 0.842. The van der Waals surface area contributed by atoms with E-state index in [9.17, 15) is 9.90 Å². The van der Waals surface area contributed by atoms with Crippen LogP contribution < -0.4 is 0 Å². The number of rotatable bonds is 2. The third-order valence-electron chi connectivity index (χ3n) is 3.41. The predicted molar refractivity (Wildman–Crippen MR) is 80.9 cm³/mol. The van der Waals surface area contributed by atoms with Crippen LogP contribution in [-0.2, 0) is 4.74 Å². The van der Waals surface area contributed by atoms with Crippen LogP contribution in [0.2, 0.25) is 0 Å². The lowest BCUT2D eigenvalue weighted by Crippen LogP contribution is -2.29. The second-order valence-electron chi connectivity index (χ2n) is 5.78. The molecule has 112 valence electrons. The van der Waals surface area contributed by atoms with Gasteiger partial charge in [-0.25, -0.2) is 0 Å². The van der Waals surface area contributed by atoms with E-state index in [-0.39, 0.29) is 12.0 Å². The highest BCUT2D eigenvalue weighted by Gasteiger charge is 2.26. The highest BCUT2D eigenvalue weighted by molar-refractivity contribution is 5.94. The lowest BCUT2D eigenvalue weighted by molar-refractivity contribution is 0.0724. The first-order valence-corrected chi connectivity index (χ1v) is 7.07. The molecule has 0 aromatic heterocycles. The van der Waals surface area contributed by atoms with Crippen molar-refractivity contribution < 1.29 is 14.6 Å². The number of hydrogen-bond acceptors (Lipinski definition) is 3. The molecule has 1 amide bonds. The zero-order valence-corrected chi connectivity index (χ0v) is 12.7. The number of methoxy groups -OCH3 is 1. The number of likely N-dealkylation sites (tertiary alicyclic amines) is 1. The van der Waals surface area contributed by atoms with Crippen LogP contribution in [0.1, 0.15) is 36.2 Å². The Labute approximate surface area is 125 Å². The molecule has 1 aliphatic heterocycles. The molecule has 1 atom stereocenters. The van der Waals surface area contributed by atoms with Crippen molar-refractivity contribution in [3.8, 4) is 11.8 Å². The Kier molecular flexibility index (Phi) is 4.66. The Bertz CT molecular complexity index is 560. The largest absolute Gasteiger partial charge is 0.380 e. The Morgan fingerprint density at radius 1 is 1.38 bits per heavy atom. The zero-order valence-electron chi connectivity index (χ0n) is 12.7. The standard InChI is InChI=1S/C17H21NO3/c1-17(2,20)10-8-13-4-6-14(7-5-13)16(19)18-11-9-15(12-18)21-3/h4-7,15,20H,9,11-12H2,1-3H3/t15-/m1/s1. The molecule has 0 spiro atoms. The minimum Gasteiger partial charge on any atom is -0.380 e. The molecule has 4 nitrogen and oxygen atoms in total. The van der Waals surface area contributed by atoms with Crippen molar-refractivity contribution in [2.75, 3.05) is 20.2 Å². The van der Waals surface area contributed by atoms with Gasteiger partial charge in [-0.15, -0.1) is 0 Å². The number of carbonyl (C=O) groups excluding carboxylic acids is 1. The van der Waals surface area contributed by atoms with Crippen LogP contribution in [0.15, 0.2) is 24.3 Å². The van der Waals surface area contributed by atoms with Crippen LogP contribution in [0.25, 0.3) is 0 Å². The average molecular weight is 287 g/mol. The molecule has 2 rings (SSSR count). The number of aliphatic hydroxyl groups is 1. The minimum atomic E-state index is -1.01. The maximum Gasteiger partial charge on any atom is 0.253 e. The summed E-state index contributed by atoms with van der Waals surface area (Å²) in [4.78, 5) is 14.1. The summed E-state index contributed by atoms with van der Waals surface area (Å²) in [7, 11) is 1.68. The molecule has 0 aliphatic carbocycles. The third-order valence-corrected chi connectivity index (χ3v) is 3.41. The Balaban J connectivity index is 2.05. The van der Waals surface area contributed by atoms with Crippen molar-refractivity contribution in [2.24, 2.45) is 0 Å². The topological polar surface area (TPSA) is 49.8 Å². The van der Waals surface area contributed by atoms with E-state index in [1.165, 1.54) is 0 Å². The molecule has 1 aliphatic rings. The van der Waals surface area contributed by atoms with Crippen molar-refractivity contribution >= 4 is 5.91 Å². The number of benzene rings is 1. The lowest BCUT2D eigenvalue weighted by atomic mass is 10.1. The smallest absolute Gasteiger partial charge is 0.253 e. The fourth-order valence-electron chi connectivity index (χ4n) is 2.21. The number of hydrogen-bond donors (Lipinski definition) is 1. The first-order chi connectivity index (χ1) is 9.89. The first kappa shape index (κ1) is 15.6. The van der Waals surface area contributed by atoms with Crippen molar-refractivity contribution in [1.29, 1.82) is 0 Å². The molecule has 1 N–H and O–H groups in total. The van der Waals surface area contributed by atoms with Gasteiger partial charge in [0, 0.05) is 31.3 Å². The molecule has 0 unspecified atom stereocenters. The minimum absolute atomic E-state index is 0.0246. The summed E-state index contributed by atoms with van der Waals surface area (Å²) in [6.07, 6.45) is 1.03. The lowest BCUT2D eigenvalue weighted by Gasteiger charge is -2.16. The van der Waals surface area contributed by atoms with Gasteiger partial charge in [0.05, 0.1) is 6.10 Å². The predicted octanol–water partition coefficient (Wildman–Crippen LogP) is 1.67. The van der Waals surface area contributed by atoms with E-state index in [4.69, 9.17) is 4.74 Å². The van der Waals surface area contributed by atoms with Crippen molar-refractivity contribution in [3.05, 3.63) is 35.4 Å². The molecule has 4 heteroatoms. The maximum absolute atomic E-state index is 12.3. The Hall–Kier alpha value is -1.83. The van der Waals surface area contributed by atoms with Gasteiger partial charge in [-0.3, -0.25) is 4.79 Å². The van der Waals surface area contributed by atoms with E-state index in [2.05, 4.69) is 11.8 Å². The number of carbonyl (C=O) groups is 1. The van der Waals surface area contributed by atoms with E-state index in [1.807, 2.05) is 4.90 Å². The first-order valence-electron chi connectivity index (χ1n) is 7.07. The molecule has 1 heterocycles. The second kappa shape index (κ2) is 6.30. The maximum atomic E-state index is 12.3. The molecule has 0 bridgehead atoms. The fraction of sp³-hybridized carbons (Fsp3) is 0.471. The van der Waals surface area contributed by atoms with Gasteiger partial charge in [0.25, 0.3) is 5.91 Å². The Morgan fingerprint density at radius 2 is 2.05 bits per heavy atom. The molecule has 1 fully saturated rings. The molecule has 1 saturated heterocycles. The molecule has 1 aromatic rings. The van der Waals surface area contributed by atoms with Crippen molar-refractivity contribution in [1.82, 2.24) is 4.90 Å². The van der Waals surface area contributed by atoms with Crippen LogP contribution in [-0.4, -0.2) is 47.8 Å². The number of amides is 1. The van der Waals surface area contributed by atoms with Gasteiger partial charge in [-0.2, -0.15) is 0 Å². The van der Waals surface area contributed by atoms with Crippen molar-refractivity contribution in [3.63, 3.8) is 0 Å². The summed E-state index contributed by atoms with van der Waals surface area (Å²) in [6, 6.07) is 7.15. The molecular formula is C17H21NO3. The van der Waals surface area contributed by atoms with E-state index >= 15 is 0 Å². The highest BCUT2D eigenvalue weighted by Crippen LogP contribution is 2.16. The zero-order chi connectivity index (χ0) is 15.5. The van der Waals surface area contributed by atoms with E-state index in [0.29, 0.717) is 12.1 Å². The fourth-order valence-corrected chi connectivity index (χ4v) is 2.21. The number of ether oxygens (including phenoxy) is 1. The van der Waals surface area contributed by atoms with Gasteiger partial charge < -0.3 is 14.7 Å². The van der Waals surface area contributed by atoms with Gasteiger partial charge in [0.2, 0.25) is 0 Å². The van der Waals surface area contributed by atoms with Crippen LogP contribution in [0, 0.1) is 11.8 Å². The van der Waals surface area contributed by atoms with Crippen LogP contribution in [0.5, 0.6) is 0 Å². The van der Waals surface area contributed by atoms with Gasteiger partial charge >= 0.3 is 0 Å². The summed E-state index contributed by atoms with van der Waals surface area (Å²) in [5, 5.41) is 9.57. The SMILES string of the molecule is CO[C@@H]1CCN(C(=O)c2ccc(C#CC(C)(C)O)cc2)C1. The highest BCUT2D eigenvalue weighted by atomic mass is 16.5. The summed E-state index contributed by atoms with van der Waals surface area (Å²) >= 11 is 0. The van der Waals surface area contributed by atoms with E-state index < -0.39 is 5.60 Å². The Morgan fingerprint density at radius 3 is 2.57 bits per heavy atom. The normalized spacial score (nSPS) is 18.3. The molecule has 1 aromatic carbocycles. The van der Waals surface area contributed by atoms with Gasteiger partial charge in [-0.1, -0.05) is 11.8 Å². The molecule has 0 radical (unpaired) electrons. The van der Waals surface area contributed by atoms with Crippen LogP contribution >= 0.6 is 0 Å². The van der Waals surface area contributed by atoms with Crippen molar-refractivity contribution in [2.45, 2.75) is 32.0 Å². The van der Waals surface area contributed by atoms with Crippen LogP contribution in [0.4, 0.5) is 0 Å². The third kappa shape index (κ3) is 4.32. The summed E-state index contributed by atoms with van der Waals surface area (Å²) in [5.41, 5.74) is 0.421. The molecule has 21 heavy (non-hydrogen) atoms. The van der Waals surface area contributed by atoms with Gasteiger partial charge in [0.15, 0.2) is 0 Å².